The summed E-state index contributed by atoms with van der Waals surface area (Å²) in [6, 6.07) is 6.31. The highest BCUT2D eigenvalue weighted by molar-refractivity contribution is 7.91. The number of carbonyl (C=O) groups is 2. The molecule has 1 saturated heterocycles. The van der Waals surface area contributed by atoms with Crippen LogP contribution in [0.25, 0.3) is 0 Å². The highest BCUT2D eigenvalue weighted by Crippen LogP contribution is 2.44. The highest BCUT2D eigenvalue weighted by atomic mass is 35.5. The van der Waals surface area contributed by atoms with E-state index < -0.39 is 15.9 Å². The molecule has 4 rings (SSSR count). The molecular weight excluding hydrogens is 508 g/mol. The molecule has 2 atom stereocenters. The van der Waals surface area contributed by atoms with Crippen molar-refractivity contribution in [3.8, 4) is 5.75 Å². The van der Waals surface area contributed by atoms with Gasteiger partial charge in [0.15, 0.2) is 16.4 Å². The van der Waals surface area contributed by atoms with Crippen molar-refractivity contribution in [3.05, 3.63) is 45.3 Å². The van der Waals surface area contributed by atoms with Crippen LogP contribution in [-0.4, -0.2) is 44.4 Å². The second kappa shape index (κ2) is 10.1. The normalized spacial score (nSPS) is 21.3. The maximum absolute atomic E-state index is 13.3. The van der Waals surface area contributed by atoms with Crippen LogP contribution in [0.5, 0.6) is 5.75 Å². The Hall–Kier alpha value is -2.10. The van der Waals surface area contributed by atoms with E-state index in [4.69, 9.17) is 16.3 Å². The standard InChI is InChI=1S/C25H31ClN2O5S2/c1-25(2,3)15-4-9-19-20(12-15)34-24(22(19)23(30)27-17-10-11-35(31,32)14-17)28-21(29)13-33-18-7-5-16(26)6-8-18/h5-8,15,17H,4,9-14H2,1-3H3,(H,27,30)(H,28,29). The number of thiophene rings is 1. The Labute approximate surface area is 215 Å². The van der Waals surface area contributed by atoms with Crippen LogP contribution in [-0.2, 0) is 27.5 Å². The van der Waals surface area contributed by atoms with Gasteiger partial charge in [-0.1, -0.05) is 32.4 Å². The minimum absolute atomic E-state index is 0.0478. The average molecular weight is 539 g/mol. The monoisotopic (exact) mass is 538 g/mol. The minimum atomic E-state index is -3.12. The molecule has 0 bridgehead atoms. The Morgan fingerprint density at radius 1 is 1.17 bits per heavy atom. The van der Waals surface area contributed by atoms with E-state index in [-0.39, 0.29) is 35.3 Å². The Balaban J connectivity index is 1.54. The number of fused-ring (bicyclic) bond motifs is 1. The number of hydrogen-bond acceptors (Lipinski definition) is 6. The summed E-state index contributed by atoms with van der Waals surface area (Å²) in [7, 11) is -3.12. The van der Waals surface area contributed by atoms with Gasteiger partial charge in [0.05, 0.1) is 17.1 Å². The molecule has 2 unspecified atom stereocenters. The van der Waals surface area contributed by atoms with Crippen LogP contribution in [0.4, 0.5) is 5.00 Å². The third kappa shape index (κ3) is 6.37. The summed E-state index contributed by atoms with van der Waals surface area (Å²) in [5.41, 5.74) is 1.56. The number of nitrogens with one attached hydrogen (secondary N) is 2. The van der Waals surface area contributed by atoms with E-state index in [0.717, 1.165) is 29.7 Å². The van der Waals surface area contributed by atoms with Crippen molar-refractivity contribution in [3.63, 3.8) is 0 Å². The quantitative estimate of drug-likeness (QED) is 0.564. The van der Waals surface area contributed by atoms with Gasteiger partial charge in [-0.05, 0) is 66.8 Å². The zero-order valence-electron chi connectivity index (χ0n) is 20.1. The fourth-order valence-corrected chi connectivity index (χ4v) is 7.80. The number of ether oxygens (including phenoxy) is 1. The number of halogens is 1. The number of carbonyl (C=O) groups excluding carboxylic acids is 2. The maximum atomic E-state index is 13.3. The predicted octanol–water partition coefficient (Wildman–Crippen LogP) is 4.49. The summed E-state index contributed by atoms with van der Waals surface area (Å²) in [5.74, 6) is 0.327. The van der Waals surface area contributed by atoms with Crippen molar-refractivity contribution >= 4 is 49.6 Å². The molecule has 35 heavy (non-hydrogen) atoms. The lowest BCUT2D eigenvalue weighted by Crippen LogP contribution is -2.36. The van der Waals surface area contributed by atoms with Gasteiger partial charge >= 0.3 is 0 Å². The van der Waals surface area contributed by atoms with Crippen molar-refractivity contribution in [1.29, 1.82) is 0 Å². The first-order valence-corrected chi connectivity index (χ1v) is 14.8. The third-order valence-corrected chi connectivity index (χ3v) is 9.91. The van der Waals surface area contributed by atoms with E-state index in [0.29, 0.717) is 33.7 Å². The largest absolute Gasteiger partial charge is 0.484 e. The summed E-state index contributed by atoms with van der Waals surface area (Å²) in [5, 5.41) is 6.84. The highest BCUT2D eigenvalue weighted by Gasteiger charge is 2.36. The minimum Gasteiger partial charge on any atom is -0.484 e. The molecule has 0 radical (unpaired) electrons. The van der Waals surface area contributed by atoms with Gasteiger partial charge in [0.2, 0.25) is 0 Å². The van der Waals surface area contributed by atoms with Crippen molar-refractivity contribution in [1.82, 2.24) is 5.32 Å². The molecule has 2 aliphatic rings. The molecular formula is C25H31ClN2O5S2. The van der Waals surface area contributed by atoms with Crippen LogP contribution in [0.15, 0.2) is 24.3 Å². The molecule has 1 aromatic carbocycles. The number of hydrogen-bond donors (Lipinski definition) is 2. The van der Waals surface area contributed by atoms with Gasteiger partial charge < -0.3 is 15.4 Å². The first-order chi connectivity index (χ1) is 16.4. The van der Waals surface area contributed by atoms with Crippen molar-refractivity contribution < 1.29 is 22.7 Å². The van der Waals surface area contributed by atoms with Crippen molar-refractivity contribution in [2.45, 2.75) is 52.5 Å². The number of benzene rings is 1. The lowest BCUT2D eigenvalue weighted by Gasteiger charge is -2.33. The average Bonchev–Trinajstić information content (AvgIpc) is 3.30. The molecule has 190 valence electrons. The molecule has 10 heteroatoms. The first kappa shape index (κ1) is 26.0. The van der Waals surface area contributed by atoms with Crippen LogP contribution >= 0.6 is 22.9 Å². The number of anilines is 1. The Bertz CT molecular complexity index is 1220. The van der Waals surface area contributed by atoms with Crippen LogP contribution in [0.3, 0.4) is 0 Å². The molecule has 1 aliphatic heterocycles. The molecule has 2 amide bonds. The molecule has 1 aliphatic carbocycles. The fraction of sp³-hybridized carbons (Fsp3) is 0.520. The van der Waals surface area contributed by atoms with Crippen molar-refractivity contribution in [2.24, 2.45) is 11.3 Å². The molecule has 2 N–H and O–H groups in total. The summed E-state index contributed by atoms with van der Waals surface area (Å²) < 4.78 is 29.3. The summed E-state index contributed by atoms with van der Waals surface area (Å²) >= 11 is 7.32. The number of amides is 2. The van der Waals surface area contributed by atoms with Gasteiger partial charge in [0.25, 0.3) is 11.8 Å². The Kier molecular flexibility index (Phi) is 7.50. The van der Waals surface area contributed by atoms with Crippen molar-refractivity contribution in [2.75, 3.05) is 23.4 Å². The van der Waals surface area contributed by atoms with Crippen LogP contribution in [0, 0.1) is 11.3 Å². The smallest absolute Gasteiger partial charge is 0.262 e. The Morgan fingerprint density at radius 2 is 1.89 bits per heavy atom. The molecule has 2 heterocycles. The van der Waals surface area contributed by atoms with Gasteiger partial charge in [0.1, 0.15) is 10.8 Å². The topological polar surface area (TPSA) is 102 Å². The lowest BCUT2D eigenvalue weighted by atomic mass is 9.72. The molecule has 7 nitrogen and oxygen atoms in total. The van der Waals surface area contributed by atoms with E-state index in [1.54, 1.807) is 24.3 Å². The molecule has 0 spiro atoms. The molecule has 0 saturated carbocycles. The van der Waals surface area contributed by atoms with E-state index in [2.05, 4.69) is 31.4 Å². The Morgan fingerprint density at radius 3 is 2.51 bits per heavy atom. The van der Waals surface area contributed by atoms with E-state index in [1.165, 1.54) is 11.3 Å². The second-order valence-electron chi connectivity index (χ2n) is 10.4. The van der Waals surface area contributed by atoms with E-state index in [9.17, 15) is 18.0 Å². The summed E-state index contributed by atoms with van der Waals surface area (Å²) in [4.78, 5) is 27.2. The molecule has 2 aromatic rings. The zero-order valence-corrected chi connectivity index (χ0v) is 22.5. The lowest BCUT2D eigenvalue weighted by molar-refractivity contribution is -0.118. The van der Waals surface area contributed by atoms with E-state index >= 15 is 0 Å². The van der Waals surface area contributed by atoms with Crippen LogP contribution in [0.2, 0.25) is 5.02 Å². The fourth-order valence-electron chi connectivity index (χ4n) is 4.66. The number of sulfone groups is 1. The van der Waals surface area contributed by atoms with Gasteiger partial charge in [-0.25, -0.2) is 8.42 Å². The van der Waals surface area contributed by atoms with Crippen LogP contribution in [0.1, 0.15) is 54.4 Å². The van der Waals surface area contributed by atoms with Gasteiger partial charge in [-0.2, -0.15) is 0 Å². The third-order valence-electron chi connectivity index (χ3n) is 6.72. The predicted molar refractivity (Wildman–Crippen MR) is 139 cm³/mol. The maximum Gasteiger partial charge on any atom is 0.262 e. The molecule has 1 fully saturated rings. The summed E-state index contributed by atoms with van der Waals surface area (Å²) in [6.07, 6.45) is 2.96. The summed E-state index contributed by atoms with van der Waals surface area (Å²) in [6.45, 7) is 6.46. The first-order valence-electron chi connectivity index (χ1n) is 11.8. The molecule has 1 aromatic heterocycles. The van der Waals surface area contributed by atoms with Gasteiger partial charge in [-0.15, -0.1) is 11.3 Å². The van der Waals surface area contributed by atoms with Crippen LogP contribution < -0.4 is 15.4 Å². The number of rotatable bonds is 6. The zero-order chi connectivity index (χ0) is 25.4. The van der Waals surface area contributed by atoms with Gasteiger partial charge in [-0.3, -0.25) is 9.59 Å². The van der Waals surface area contributed by atoms with E-state index in [1.807, 2.05) is 0 Å². The SMILES string of the molecule is CC(C)(C)C1CCc2c(sc(NC(=O)COc3ccc(Cl)cc3)c2C(=O)NC2CCS(=O)(=O)C2)C1. The second-order valence-corrected chi connectivity index (χ2v) is 14.1. The van der Waals surface area contributed by atoms with Gasteiger partial charge in [0, 0.05) is 15.9 Å².